The molecule has 2 rings (SSSR count). The molecule has 0 saturated heterocycles. The minimum atomic E-state index is 0.278. The summed E-state index contributed by atoms with van der Waals surface area (Å²) < 4.78 is 0. The second-order valence-corrected chi connectivity index (χ2v) is 6.98. The zero-order valence-corrected chi connectivity index (χ0v) is 14.4. The summed E-state index contributed by atoms with van der Waals surface area (Å²) >= 11 is 3.57. The molecule has 2 atom stereocenters. The topological polar surface area (TPSA) is 36.4 Å². The van der Waals surface area contributed by atoms with Crippen LogP contribution in [0, 0.1) is 0 Å². The third-order valence-electron chi connectivity index (χ3n) is 3.22. The Kier molecular flexibility index (Phi) is 6.26. The Morgan fingerprint density at radius 3 is 2.38 bits per heavy atom. The second-order valence-electron chi connectivity index (χ2n) is 5.02. The maximum Gasteiger partial charge on any atom is 0.191 e. The maximum atomic E-state index is 4.72. The first-order chi connectivity index (χ1) is 10.2. The Morgan fingerprint density at radius 2 is 1.81 bits per heavy atom. The van der Waals surface area contributed by atoms with E-state index in [9.17, 15) is 0 Å². The van der Waals surface area contributed by atoms with Gasteiger partial charge in [0.05, 0.1) is 12.6 Å². The van der Waals surface area contributed by atoms with Crippen LogP contribution in [0.25, 0.3) is 0 Å². The molecule has 0 spiro atoms. The Balaban J connectivity index is 1.95. The molecule has 114 valence electrons. The Labute approximate surface area is 135 Å². The molecule has 5 heteroatoms. The molecule has 0 aromatic carbocycles. The fourth-order valence-electron chi connectivity index (χ4n) is 2.02. The standard InChI is InChI=1S/C16H23N3S2/c1-4-17-16(19-13(3)15-8-6-10-21-15)18-11-12(2)14-7-5-9-20-14/h5-10,12-13H,4,11H2,1-3H3,(H2,17,18,19). The van der Waals surface area contributed by atoms with Crippen molar-refractivity contribution in [3.05, 3.63) is 44.8 Å². The molecule has 0 aliphatic heterocycles. The van der Waals surface area contributed by atoms with E-state index in [1.165, 1.54) is 9.75 Å². The van der Waals surface area contributed by atoms with Crippen LogP contribution >= 0.6 is 22.7 Å². The van der Waals surface area contributed by atoms with E-state index in [1.54, 1.807) is 22.7 Å². The molecule has 0 aliphatic carbocycles. The van der Waals surface area contributed by atoms with Crippen LogP contribution in [-0.4, -0.2) is 19.0 Å². The van der Waals surface area contributed by atoms with Gasteiger partial charge in [-0.1, -0.05) is 19.1 Å². The molecule has 2 heterocycles. The molecule has 2 aromatic heterocycles. The first-order valence-electron chi connectivity index (χ1n) is 7.32. The zero-order chi connectivity index (χ0) is 15.1. The van der Waals surface area contributed by atoms with Gasteiger partial charge in [-0.05, 0) is 36.7 Å². The van der Waals surface area contributed by atoms with E-state index in [1.807, 2.05) is 0 Å². The van der Waals surface area contributed by atoms with Crippen LogP contribution < -0.4 is 10.6 Å². The van der Waals surface area contributed by atoms with E-state index in [4.69, 9.17) is 4.99 Å². The Hall–Kier alpha value is -1.33. The van der Waals surface area contributed by atoms with Crippen molar-refractivity contribution in [1.82, 2.24) is 10.6 Å². The van der Waals surface area contributed by atoms with Crippen LogP contribution in [0.1, 0.15) is 42.5 Å². The van der Waals surface area contributed by atoms with Gasteiger partial charge in [-0.25, -0.2) is 0 Å². The molecule has 0 aliphatic rings. The summed E-state index contributed by atoms with van der Waals surface area (Å²) in [6.07, 6.45) is 0. The van der Waals surface area contributed by atoms with Crippen molar-refractivity contribution >= 4 is 28.6 Å². The average Bonchev–Trinajstić information content (AvgIpc) is 3.16. The van der Waals surface area contributed by atoms with E-state index in [-0.39, 0.29) is 6.04 Å². The van der Waals surface area contributed by atoms with Crippen molar-refractivity contribution in [2.24, 2.45) is 4.99 Å². The molecule has 2 unspecified atom stereocenters. The number of nitrogens with one attached hydrogen (secondary N) is 2. The lowest BCUT2D eigenvalue weighted by molar-refractivity contribution is 0.689. The lowest BCUT2D eigenvalue weighted by Gasteiger charge is -2.17. The van der Waals surface area contributed by atoms with E-state index in [2.05, 4.69) is 66.4 Å². The smallest absolute Gasteiger partial charge is 0.191 e. The van der Waals surface area contributed by atoms with Gasteiger partial charge < -0.3 is 10.6 Å². The fraction of sp³-hybridized carbons (Fsp3) is 0.438. The second kappa shape index (κ2) is 8.20. The molecule has 0 bridgehead atoms. The van der Waals surface area contributed by atoms with Crippen LogP contribution in [0.3, 0.4) is 0 Å². The van der Waals surface area contributed by atoms with Crippen molar-refractivity contribution in [3.63, 3.8) is 0 Å². The SMILES string of the molecule is CCNC(=NCC(C)c1cccs1)NC(C)c1cccs1. The van der Waals surface area contributed by atoms with Gasteiger partial charge in [-0.15, -0.1) is 22.7 Å². The van der Waals surface area contributed by atoms with Gasteiger partial charge in [0.15, 0.2) is 5.96 Å². The van der Waals surface area contributed by atoms with Crippen molar-refractivity contribution in [3.8, 4) is 0 Å². The minimum absolute atomic E-state index is 0.278. The largest absolute Gasteiger partial charge is 0.357 e. The van der Waals surface area contributed by atoms with Gasteiger partial charge in [-0.3, -0.25) is 4.99 Å². The van der Waals surface area contributed by atoms with Gasteiger partial charge in [0, 0.05) is 22.2 Å². The van der Waals surface area contributed by atoms with Gasteiger partial charge >= 0.3 is 0 Å². The van der Waals surface area contributed by atoms with Gasteiger partial charge in [0.25, 0.3) is 0 Å². The number of guanidine groups is 1. The van der Waals surface area contributed by atoms with E-state index in [0.29, 0.717) is 5.92 Å². The molecule has 0 radical (unpaired) electrons. The zero-order valence-electron chi connectivity index (χ0n) is 12.8. The number of rotatable bonds is 6. The molecule has 0 fully saturated rings. The normalized spacial score (nSPS) is 14.7. The highest BCUT2D eigenvalue weighted by Gasteiger charge is 2.10. The summed E-state index contributed by atoms with van der Waals surface area (Å²) in [5, 5.41) is 11.0. The quantitative estimate of drug-likeness (QED) is 0.617. The molecule has 0 amide bonds. The molecular formula is C16H23N3S2. The molecule has 0 saturated carbocycles. The number of hydrogen-bond donors (Lipinski definition) is 2. The monoisotopic (exact) mass is 321 g/mol. The van der Waals surface area contributed by atoms with Crippen LogP contribution in [0.4, 0.5) is 0 Å². The number of nitrogens with zero attached hydrogens (tertiary/aromatic N) is 1. The van der Waals surface area contributed by atoms with E-state index in [0.717, 1.165) is 19.0 Å². The van der Waals surface area contributed by atoms with E-state index < -0.39 is 0 Å². The van der Waals surface area contributed by atoms with Gasteiger partial charge in [0.2, 0.25) is 0 Å². The Morgan fingerprint density at radius 1 is 1.14 bits per heavy atom. The summed E-state index contributed by atoms with van der Waals surface area (Å²) in [5.41, 5.74) is 0. The first kappa shape index (κ1) is 16.0. The van der Waals surface area contributed by atoms with Gasteiger partial charge in [0.1, 0.15) is 0 Å². The Bertz CT molecular complexity index is 532. The maximum absolute atomic E-state index is 4.72. The highest BCUT2D eigenvalue weighted by atomic mass is 32.1. The third-order valence-corrected chi connectivity index (χ3v) is 5.38. The summed E-state index contributed by atoms with van der Waals surface area (Å²) in [6, 6.07) is 8.79. The highest BCUT2D eigenvalue weighted by molar-refractivity contribution is 7.10. The molecule has 21 heavy (non-hydrogen) atoms. The van der Waals surface area contributed by atoms with Crippen molar-refractivity contribution in [1.29, 1.82) is 0 Å². The lowest BCUT2D eigenvalue weighted by atomic mass is 10.1. The summed E-state index contributed by atoms with van der Waals surface area (Å²) in [4.78, 5) is 7.44. The van der Waals surface area contributed by atoms with Crippen LogP contribution in [0.5, 0.6) is 0 Å². The highest BCUT2D eigenvalue weighted by Crippen LogP contribution is 2.21. The molecule has 2 aromatic rings. The number of hydrogen-bond acceptors (Lipinski definition) is 3. The number of thiophene rings is 2. The minimum Gasteiger partial charge on any atom is -0.357 e. The summed E-state index contributed by atoms with van der Waals surface area (Å²) in [6.45, 7) is 8.15. The van der Waals surface area contributed by atoms with Crippen molar-refractivity contribution < 1.29 is 0 Å². The lowest BCUT2D eigenvalue weighted by Crippen LogP contribution is -2.38. The van der Waals surface area contributed by atoms with Crippen molar-refractivity contribution in [2.75, 3.05) is 13.1 Å². The van der Waals surface area contributed by atoms with Gasteiger partial charge in [-0.2, -0.15) is 0 Å². The van der Waals surface area contributed by atoms with Crippen LogP contribution in [-0.2, 0) is 0 Å². The summed E-state index contributed by atoms with van der Waals surface area (Å²) in [5.74, 6) is 1.35. The fourth-order valence-corrected chi connectivity index (χ4v) is 3.54. The first-order valence-corrected chi connectivity index (χ1v) is 9.08. The summed E-state index contributed by atoms with van der Waals surface area (Å²) in [7, 11) is 0. The molecule has 2 N–H and O–H groups in total. The third kappa shape index (κ3) is 4.86. The predicted octanol–water partition coefficient (Wildman–Crippen LogP) is 4.23. The van der Waals surface area contributed by atoms with Crippen LogP contribution in [0.15, 0.2) is 40.0 Å². The van der Waals surface area contributed by atoms with Crippen LogP contribution in [0.2, 0.25) is 0 Å². The van der Waals surface area contributed by atoms with Crippen molar-refractivity contribution in [2.45, 2.75) is 32.7 Å². The average molecular weight is 322 g/mol. The number of aliphatic imine (C=N–C) groups is 1. The predicted molar refractivity (Wildman–Crippen MR) is 94.6 cm³/mol. The molecule has 3 nitrogen and oxygen atoms in total. The van der Waals surface area contributed by atoms with E-state index >= 15 is 0 Å². The molecular weight excluding hydrogens is 298 g/mol.